The van der Waals surface area contributed by atoms with E-state index in [2.05, 4.69) is 58.1 Å². The quantitative estimate of drug-likeness (QED) is 0.531. The molecule has 82 valence electrons. The second-order valence-corrected chi connectivity index (χ2v) is 5.61. The van der Waals surface area contributed by atoms with Crippen molar-refractivity contribution in [2.24, 2.45) is 10.5 Å². The van der Waals surface area contributed by atoms with Crippen molar-refractivity contribution in [2.45, 2.75) is 54.0 Å². The molecule has 0 aliphatic rings. The zero-order valence-corrected chi connectivity index (χ0v) is 10.6. The van der Waals surface area contributed by atoms with Crippen LogP contribution in [-0.4, -0.2) is 11.3 Å². The Hall–Kier alpha value is -0.790. The van der Waals surface area contributed by atoms with Gasteiger partial charge in [0.05, 0.1) is 5.71 Å². The lowest BCUT2D eigenvalue weighted by molar-refractivity contribution is 0.435. The Morgan fingerprint density at radius 3 is 1.86 bits per heavy atom. The molecule has 0 atom stereocenters. The molecule has 0 saturated carbocycles. The molecule has 0 unspecified atom stereocenters. The van der Waals surface area contributed by atoms with Crippen LogP contribution in [0.25, 0.3) is 0 Å². The van der Waals surface area contributed by atoms with E-state index in [9.17, 15) is 0 Å². The zero-order valence-electron chi connectivity index (χ0n) is 10.6. The van der Waals surface area contributed by atoms with Gasteiger partial charge in [0.2, 0.25) is 0 Å². The minimum atomic E-state index is 0.0259. The Bertz CT molecular complexity index is 224. The lowest BCUT2D eigenvalue weighted by Crippen LogP contribution is -2.34. The Balaban J connectivity index is 4.68. The molecule has 0 aromatic rings. The maximum absolute atomic E-state index is 4.44. The fourth-order valence-corrected chi connectivity index (χ4v) is 0.841. The first-order chi connectivity index (χ1) is 6.17. The summed E-state index contributed by atoms with van der Waals surface area (Å²) in [7, 11) is 0. The number of nitrogens with one attached hydrogen (secondary N) is 1. The molecule has 0 fully saturated rings. The molecule has 2 nitrogen and oxygen atoms in total. The number of hydrogen-bond donors (Lipinski definition) is 1. The summed E-state index contributed by atoms with van der Waals surface area (Å²) in [5, 5.41) is 4.44. The van der Waals surface area contributed by atoms with Gasteiger partial charge in [0.15, 0.2) is 0 Å². The molecule has 0 aromatic carbocycles. The highest BCUT2D eigenvalue weighted by Gasteiger charge is 2.17. The fraction of sp³-hybridized carbons (Fsp3) is 0.750. The van der Waals surface area contributed by atoms with Gasteiger partial charge in [-0.15, -0.1) is 0 Å². The number of hydrogen-bond acceptors (Lipinski definition) is 2. The number of rotatable bonds is 2. The topological polar surface area (TPSA) is 24.4 Å². The minimum absolute atomic E-state index is 0.0259. The summed E-state index contributed by atoms with van der Waals surface area (Å²) in [5.74, 6) is 0. The van der Waals surface area contributed by atoms with Gasteiger partial charge in [-0.1, -0.05) is 26.8 Å². The fourth-order valence-electron chi connectivity index (χ4n) is 0.841. The molecule has 1 N–H and O–H groups in total. The Morgan fingerprint density at radius 2 is 1.57 bits per heavy atom. The second-order valence-electron chi connectivity index (χ2n) is 5.61. The van der Waals surface area contributed by atoms with Crippen molar-refractivity contribution in [1.29, 1.82) is 0 Å². The monoisotopic (exact) mass is 196 g/mol. The summed E-state index contributed by atoms with van der Waals surface area (Å²) >= 11 is 0. The van der Waals surface area contributed by atoms with Crippen LogP contribution in [0.4, 0.5) is 0 Å². The summed E-state index contributed by atoms with van der Waals surface area (Å²) < 4.78 is 0. The van der Waals surface area contributed by atoms with Crippen LogP contribution in [0.5, 0.6) is 0 Å². The molecular weight excluding hydrogens is 172 g/mol. The summed E-state index contributed by atoms with van der Waals surface area (Å²) in [5.41, 5.74) is 4.34. The maximum atomic E-state index is 4.44. The molecule has 0 spiro atoms. The van der Waals surface area contributed by atoms with Gasteiger partial charge in [-0.2, -0.15) is 5.10 Å². The molecule has 0 aromatic heterocycles. The van der Waals surface area contributed by atoms with Gasteiger partial charge in [0.1, 0.15) is 0 Å². The predicted octanol–water partition coefficient (Wildman–Crippen LogP) is 3.35. The molecule has 0 radical (unpaired) electrons. The average Bonchev–Trinajstić information content (AvgIpc) is 1.93. The van der Waals surface area contributed by atoms with Crippen LogP contribution >= 0.6 is 0 Å². The molecule has 0 bridgehead atoms. The van der Waals surface area contributed by atoms with Gasteiger partial charge in [0, 0.05) is 11.0 Å². The van der Waals surface area contributed by atoms with Crippen LogP contribution in [0.1, 0.15) is 48.5 Å². The average molecular weight is 196 g/mol. The first-order valence-electron chi connectivity index (χ1n) is 5.15. The van der Waals surface area contributed by atoms with Gasteiger partial charge in [0.25, 0.3) is 0 Å². The van der Waals surface area contributed by atoms with Gasteiger partial charge in [-0.3, -0.25) is 0 Å². The van der Waals surface area contributed by atoms with Gasteiger partial charge < -0.3 is 5.43 Å². The molecule has 0 aliphatic carbocycles. The summed E-state index contributed by atoms with van der Waals surface area (Å²) in [6.45, 7) is 14.8. The van der Waals surface area contributed by atoms with E-state index in [-0.39, 0.29) is 11.0 Å². The predicted molar refractivity (Wildman–Crippen MR) is 64.6 cm³/mol. The lowest BCUT2D eigenvalue weighted by Gasteiger charge is -2.23. The molecule has 0 saturated heterocycles. The van der Waals surface area contributed by atoms with E-state index in [1.807, 2.05) is 13.0 Å². The number of hydrazone groups is 1. The SMILES string of the molecule is C/C=C/C(=N\NC(C)(C)C)C(C)(C)C. The van der Waals surface area contributed by atoms with Crippen LogP contribution < -0.4 is 5.43 Å². The van der Waals surface area contributed by atoms with Gasteiger partial charge >= 0.3 is 0 Å². The standard InChI is InChI=1S/C12H24N2/c1-8-9-10(11(2,3)4)13-14-12(5,6)7/h8-9,14H,1-7H3/b9-8+,13-10+. The minimum Gasteiger partial charge on any atom is -0.305 e. The van der Waals surface area contributed by atoms with E-state index in [0.717, 1.165) is 5.71 Å². The van der Waals surface area contributed by atoms with Crippen LogP contribution in [0.2, 0.25) is 0 Å². The lowest BCUT2D eigenvalue weighted by atomic mass is 9.90. The van der Waals surface area contributed by atoms with Gasteiger partial charge in [-0.05, 0) is 33.8 Å². The second kappa shape index (κ2) is 4.63. The van der Waals surface area contributed by atoms with E-state index in [4.69, 9.17) is 0 Å². The molecule has 2 heteroatoms. The highest BCUT2D eigenvalue weighted by molar-refractivity contribution is 5.98. The molecule has 0 aliphatic heterocycles. The van der Waals surface area contributed by atoms with Crippen molar-refractivity contribution in [3.63, 3.8) is 0 Å². The van der Waals surface area contributed by atoms with E-state index in [1.54, 1.807) is 0 Å². The third kappa shape index (κ3) is 5.79. The first-order valence-corrected chi connectivity index (χ1v) is 5.15. The van der Waals surface area contributed by atoms with Crippen LogP contribution in [0.3, 0.4) is 0 Å². The summed E-state index contributed by atoms with van der Waals surface area (Å²) in [6.07, 6.45) is 4.08. The highest BCUT2D eigenvalue weighted by Crippen LogP contribution is 2.17. The molecule has 0 rings (SSSR count). The molecule has 14 heavy (non-hydrogen) atoms. The molecule has 0 amide bonds. The number of nitrogens with zero attached hydrogens (tertiary/aromatic N) is 1. The Kier molecular flexibility index (Phi) is 4.37. The van der Waals surface area contributed by atoms with Gasteiger partial charge in [-0.25, -0.2) is 0 Å². The number of allylic oxidation sites excluding steroid dienone is 2. The van der Waals surface area contributed by atoms with Crippen molar-refractivity contribution in [3.05, 3.63) is 12.2 Å². The summed E-state index contributed by atoms with van der Waals surface area (Å²) in [6, 6.07) is 0. The van der Waals surface area contributed by atoms with E-state index >= 15 is 0 Å². The Labute approximate surface area is 88.5 Å². The zero-order chi connectivity index (χ0) is 11.4. The third-order valence-electron chi connectivity index (χ3n) is 1.60. The van der Waals surface area contributed by atoms with E-state index < -0.39 is 0 Å². The van der Waals surface area contributed by atoms with E-state index in [0.29, 0.717) is 0 Å². The van der Waals surface area contributed by atoms with E-state index in [1.165, 1.54) is 0 Å². The smallest absolute Gasteiger partial charge is 0.0653 e. The third-order valence-corrected chi connectivity index (χ3v) is 1.60. The summed E-state index contributed by atoms with van der Waals surface area (Å²) in [4.78, 5) is 0. The maximum Gasteiger partial charge on any atom is 0.0653 e. The highest BCUT2D eigenvalue weighted by atomic mass is 15.3. The van der Waals surface area contributed by atoms with Crippen LogP contribution in [0, 0.1) is 5.41 Å². The van der Waals surface area contributed by atoms with Crippen LogP contribution in [-0.2, 0) is 0 Å². The molecule has 0 heterocycles. The Morgan fingerprint density at radius 1 is 1.07 bits per heavy atom. The van der Waals surface area contributed by atoms with Crippen LogP contribution in [0.15, 0.2) is 17.3 Å². The largest absolute Gasteiger partial charge is 0.305 e. The first kappa shape index (κ1) is 13.2. The van der Waals surface area contributed by atoms with Crippen molar-refractivity contribution in [2.75, 3.05) is 0 Å². The normalized spacial score (nSPS) is 14.9. The van der Waals surface area contributed by atoms with Crippen molar-refractivity contribution < 1.29 is 0 Å². The van der Waals surface area contributed by atoms with Crippen molar-refractivity contribution in [1.82, 2.24) is 5.43 Å². The van der Waals surface area contributed by atoms with Crippen molar-refractivity contribution in [3.8, 4) is 0 Å². The van der Waals surface area contributed by atoms with Crippen molar-refractivity contribution >= 4 is 5.71 Å². The molecular formula is C12H24N2.